The van der Waals surface area contributed by atoms with Gasteiger partial charge in [-0.15, -0.1) is 0 Å². The van der Waals surface area contributed by atoms with Crippen molar-refractivity contribution in [2.45, 2.75) is 51.7 Å². The van der Waals surface area contributed by atoms with Crippen LogP contribution in [0.3, 0.4) is 0 Å². The van der Waals surface area contributed by atoms with E-state index in [9.17, 15) is 0 Å². The Morgan fingerprint density at radius 2 is 2.05 bits per heavy atom. The average Bonchev–Trinajstić information content (AvgIpc) is 2.41. The Kier molecular flexibility index (Phi) is 6.80. The largest absolute Gasteiger partial charge is 0.493 e. The first-order chi connectivity index (χ1) is 9.38. The van der Waals surface area contributed by atoms with Gasteiger partial charge in [-0.2, -0.15) is 0 Å². The van der Waals surface area contributed by atoms with Crippen molar-refractivity contribution in [3.63, 3.8) is 0 Å². The van der Waals surface area contributed by atoms with E-state index in [4.69, 9.17) is 26.8 Å². The van der Waals surface area contributed by atoms with Gasteiger partial charge in [-0.05, 0) is 50.5 Å². The van der Waals surface area contributed by atoms with Crippen LogP contribution in [-0.2, 0) is 11.2 Å². The van der Waals surface area contributed by atoms with Gasteiger partial charge in [0.2, 0.25) is 0 Å². The molecule has 0 heterocycles. The molecular formula is C16H26ClNO2. The van der Waals surface area contributed by atoms with Gasteiger partial charge < -0.3 is 15.2 Å². The number of methoxy groups -OCH3 is 1. The summed E-state index contributed by atoms with van der Waals surface area (Å²) in [6.07, 6.45) is 2.54. The molecule has 0 aliphatic carbocycles. The van der Waals surface area contributed by atoms with Crippen molar-refractivity contribution in [2.24, 2.45) is 5.73 Å². The summed E-state index contributed by atoms with van der Waals surface area (Å²) in [6, 6.07) is 5.83. The fraction of sp³-hybridized carbons (Fsp3) is 0.625. The predicted octanol–water partition coefficient (Wildman–Crippen LogP) is 3.81. The third-order valence-corrected chi connectivity index (χ3v) is 3.78. The van der Waals surface area contributed by atoms with E-state index in [1.165, 1.54) is 0 Å². The zero-order valence-corrected chi connectivity index (χ0v) is 13.7. The van der Waals surface area contributed by atoms with Crippen LogP contribution in [0.5, 0.6) is 5.75 Å². The maximum atomic E-state index is 6.06. The Hall–Kier alpha value is -0.770. The number of hydrogen-bond acceptors (Lipinski definition) is 3. The summed E-state index contributed by atoms with van der Waals surface area (Å²) in [6.45, 7) is 6.78. The standard InChI is InChI=1S/C16H26ClNO2/c1-5-14(18)11-12-10-13(17)6-7-15(12)20-9-8-16(2,3)19-4/h6-7,10,14H,5,8-9,11,18H2,1-4H3. The first-order valence-electron chi connectivity index (χ1n) is 7.10. The summed E-state index contributed by atoms with van der Waals surface area (Å²) >= 11 is 6.06. The summed E-state index contributed by atoms with van der Waals surface area (Å²) < 4.78 is 11.3. The molecule has 0 radical (unpaired) electrons. The lowest BCUT2D eigenvalue weighted by Crippen LogP contribution is -2.25. The summed E-state index contributed by atoms with van der Waals surface area (Å²) in [5, 5.41) is 0.716. The second-order valence-electron chi connectivity index (χ2n) is 5.69. The highest BCUT2D eigenvalue weighted by Crippen LogP contribution is 2.25. The van der Waals surface area contributed by atoms with Crippen LogP contribution in [0.1, 0.15) is 39.2 Å². The number of ether oxygens (including phenoxy) is 2. The molecule has 0 amide bonds. The van der Waals surface area contributed by atoms with E-state index >= 15 is 0 Å². The van der Waals surface area contributed by atoms with Gasteiger partial charge in [0.25, 0.3) is 0 Å². The maximum absolute atomic E-state index is 6.06. The number of benzene rings is 1. The zero-order valence-electron chi connectivity index (χ0n) is 12.9. The third-order valence-electron chi connectivity index (χ3n) is 3.54. The van der Waals surface area contributed by atoms with Gasteiger partial charge in [0, 0.05) is 24.6 Å². The lowest BCUT2D eigenvalue weighted by molar-refractivity contribution is 0.00537. The highest BCUT2D eigenvalue weighted by molar-refractivity contribution is 6.30. The molecule has 0 saturated carbocycles. The fourth-order valence-corrected chi connectivity index (χ4v) is 1.98. The zero-order chi connectivity index (χ0) is 15.2. The molecule has 0 bridgehead atoms. The van der Waals surface area contributed by atoms with Crippen molar-refractivity contribution in [3.8, 4) is 5.75 Å². The van der Waals surface area contributed by atoms with Crippen molar-refractivity contribution >= 4 is 11.6 Å². The molecule has 0 aliphatic heterocycles. The van der Waals surface area contributed by atoms with Gasteiger partial charge in [0.1, 0.15) is 5.75 Å². The van der Waals surface area contributed by atoms with E-state index in [0.29, 0.717) is 11.6 Å². The highest BCUT2D eigenvalue weighted by Gasteiger charge is 2.17. The maximum Gasteiger partial charge on any atom is 0.122 e. The summed E-state index contributed by atoms with van der Waals surface area (Å²) in [5.74, 6) is 0.866. The minimum absolute atomic E-state index is 0.131. The summed E-state index contributed by atoms with van der Waals surface area (Å²) in [5.41, 5.74) is 6.92. The normalized spacial score (nSPS) is 13.3. The van der Waals surface area contributed by atoms with Crippen LogP contribution in [0.15, 0.2) is 18.2 Å². The Morgan fingerprint density at radius 1 is 1.35 bits per heavy atom. The van der Waals surface area contributed by atoms with Gasteiger partial charge in [-0.3, -0.25) is 0 Å². The first kappa shape index (κ1) is 17.3. The first-order valence-corrected chi connectivity index (χ1v) is 7.47. The highest BCUT2D eigenvalue weighted by atomic mass is 35.5. The van der Waals surface area contributed by atoms with Crippen molar-refractivity contribution in [3.05, 3.63) is 28.8 Å². The number of rotatable bonds is 8. The van der Waals surface area contributed by atoms with E-state index in [-0.39, 0.29) is 11.6 Å². The van der Waals surface area contributed by atoms with Crippen LogP contribution in [0, 0.1) is 0 Å². The van der Waals surface area contributed by atoms with Crippen LogP contribution in [0.4, 0.5) is 0 Å². The molecule has 0 fully saturated rings. The lowest BCUT2D eigenvalue weighted by Gasteiger charge is -2.23. The molecule has 1 atom stereocenters. The van der Waals surface area contributed by atoms with Gasteiger partial charge >= 0.3 is 0 Å². The Morgan fingerprint density at radius 3 is 2.65 bits per heavy atom. The lowest BCUT2D eigenvalue weighted by atomic mass is 10.0. The molecule has 20 heavy (non-hydrogen) atoms. The monoisotopic (exact) mass is 299 g/mol. The topological polar surface area (TPSA) is 44.5 Å². The fourth-order valence-electron chi connectivity index (χ4n) is 1.78. The average molecular weight is 300 g/mol. The molecule has 0 saturated heterocycles. The van der Waals surface area contributed by atoms with Crippen LogP contribution in [0.2, 0.25) is 5.02 Å². The van der Waals surface area contributed by atoms with Crippen molar-refractivity contribution in [2.75, 3.05) is 13.7 Å². The second kappa shape index (κ2) is 7.87. The smallest absolute Gasteiger partial charge is 0.122 e. The van der Waals surface area contributed by atoms with Crippen LogP contribution < -0.4 is 10.5 Å². The molecule has 1 unspecified atom stereocenters. The van der Waals surface area contributed by atoms with E-state index in [0.717, 1.165) is 30.6 Å². The molecular weight excluding hydrogens is 274 g/mol. The van der Waals surface area contributed by atoms with Crippen molar-refractivity contribution in [1.82, 2.24) is 0 Å². The molecule has 0 aliphatic rings. The molecule has 3 nitrogen and oxygen atoms in total. The van der Waals surface area contributed by atoms with Crippen LogP contribution >= 0.6 is 11.6 Å². The Labute approximate surface area is 127 Å². The Bertz CT molecular complexity index is 421. The van der Waals surface area contributed by atoms with Gasteiger partial charge in [-0.1, -0.05) is 18.5 Å². The second-order valence-corrected chi connectivity index (χ2v) is 6.12. The Balaban J connectivity index is 2.69. The van der Waals surface area contributed by atoms with Crippen LogP contribution in [-0.4, -0.2) is 25.4 Å². The molecule has 1 aromatic carbocycles. The third kappa shape index (κ3) is 5.70. The molecule has 4 heteroatoms. The molecule has 2 N–H and O–H groups in total. The summed E-state index contributed by atoms with van der Waals surface area (Å²) in [7, 11) is 1.72. The van der Waals surface area contributed by atoms with Gasteiger partial charge in [-0.25, -0.2) is 0 Å². The van der Waals surface area contributed by atoms with E-state index < -0.39 is 0 Å². The molecule has 0 aromatic heterocycles. The van der Waals surface area contributed by atoms with E-state index in [1.807, 2.05) is 32.0 Å². The van der Waals surface area contributed by atoms with E-state index in [2.05, 4.69) is 6.92 Å². The van der Waals surface area contributed by atoms with Gasteiger partial charge in [0.15, 0.2) is 0 Å². The van der Waals surface area contributed by atoms with Crippen LogP contribution in [0.25, 0.3) is 0 Å². The van der Waals surface area contributed by atoms with Crippen molar-refractivity contribution < 1.29 is 9.47 Å². The quantitative estimate of drug-likeness (QED) is 0.794. The SMILES string of the molecule is CCC(N)Cc1cc(Cl)ccc1OCCC(C)(C)OC. The molecule has 1 aromatic rings. The van der Waals surface area contributed by atoms with Crippen molar-refractivity contribution in [1.29, 1.82) is 0 Å². The predicted molar refractivity (Wildman–Crippen MR) is 84.6 cm³/mol. The summed E-state index contributed by atoms with van der Waals surface area (Å²) in [4.78, 5) is 0. The van der Waals surface area contributed by atoms with E-state index in [1.54, 1.807) is 7.11 Å². The minimum atomic E-state index is -0.174. The number of halogens is 1. The molecule has 1 rings (SSSR count). The molecule has 0 spiro atoms. The van der Waals surface area contributed by atoms with Gasteiger partial charge in [0.05, 0.1) is 12.2 Å². The number of hydrogen-bond donors (Lipinski definition) is 1. The number of nitrogens with two attached hydrogens (primary N) is 1. The minimum Gasteiger partial charge on any atom is -0.493 e. The molecule has 114 valence electrons.